The van der Waals surface area contributed by atoms with Gasteiger partial charge in [0.2, 0.25) is 4.69 Å². The molecule has 0 unspecified atom stereocenters. The second-order valence-electron chi connectivity index (χ2n) is 2.28. The zero-order valence-electron chi connectivity index (χ0n) is 6.30. The molecule has 0 atom stereocenters. The molecule has 0 aliphatic carbocycles. The van der Waals surface area contributed by atoms with Gasteiger partial charge in [0.25, 0.3) is 0 Å². The lowest BCUT2D eigenvalue weighted by molar-refractivity contribution is 0.109. The van der Waals surface area contributed by atoms with Gasteiger partial charge in [-0.15, -0.1) is 0 Å². The molecule has 0 aliphatic rings. The third-order valence-electron chi connectivity index (χ3n) is 1.61. The van der Waals surface area contributed by atoms with Crippen molar-refractivity contribution in [2.45, 2.75) is 13.3 Å². The molecule has 0 aromatic heterocycles. The molecule has 0 bridgehead atoms. The summed E-state index contributed by atoms with van der Waals surface area (Å²) < 4.78 is -0.0325. The average Bonchev–Trinajstić information content (AvgIpc) is 2.04. The maximum Gasteiger partial charge on any atom is 0.228 e. The topological polar surface area (TPSA) is 17.1 Å². The van der Waals surface area contributed by atoms with Gasteiger partial charge < -0.3 is 0 Å². The minimum absolute atomic E-state index is 0.0325. The third kappa shape index (κ3) is 1.90. The van der Waals surface area contributed by atoms with Gasteiger partial charge in [-0.25, -0.2) is 0 Å². The fraction of sp³-hybridized carbons (Fsp3) is 0.222. The maximum atomic E-state index is 10.9. The van der Waals surface area contributed by atoms with E-state index in [0.29, 0.717) is 0 Å². The SMILES string of the molecule is CCc1ccccc1C(=O)Br. The second kappa shape index (κ2) is 3.67. The summed E-state index contributed by atoms with van der Waals surface area (Å²) in [4.78, 5) is 10.9. The van der Waals surface area contributed by atoms with Crippen molar-refractivity contribution in [3.63, 3.8) is 0 Å². The van der Waals surface area contributed by atoms with Gasteiger partial charge >= 0.3 is 0 Å². The molecule has 58 valence electrons. The summed E-state index contributed by atoms with van der Waals surface area (Å²) in [7, 11) is 0. The fourth-order valence-corrected chi connectivity index (χ4v) is 1.41. The lowest BCUT2D eigenvalue weighted by atomic mass is 10.1. The van der Waals surface area contributed by atoms with Crippen LogP contribution in [0, 0.1) is 0 Å². The summed E-state index contributed by atoms with van der Waals surface area (Å²) in [5.74, 6) is 0. The highest BCUT2D eigenvalue weighted by atomic mass is 79.9. The van der Waals surface area contributed by atoms with Gasteiger partial charge in [0.1, 0.15) is 0 Å². The van der Waals surface area contributed by atoms with Gasteiger partial charge in [-0.1, -0.05) is 31.2 Å². The quantitative estimate of drug-likeness (QED) is 0.690. The highest BCUT2D eigenvalue weighted by Crippen LogP contribution is 2.12. The Kier molecular flexibility index (Phi) is 2.83. The molecule has 0 saturated heterocycles. The van der Waals surface area contributed by atoms with E-state index in [4.69, 9.17) is 0 Å². The molecule has 2 heteroatoms. The van der Waals surface area contributed by atoms with Crippen LogP contribution in [-0.4, -0.2) is 4.69 Å². The summed E-state index contributed by atoms with van der Waals surface area (Å²) in [5, 5.41) is 0. The predicted molar refractivity (Wildman–Crippen MR) is 49.1 cm³/mol. The number of carbonyl (C=O) groups excluding carboxylic acids is 1. The molecular weight excluding hydrogens is 204 g/mol. The van der Waals surface area contributed by atoms with Gasteiger partial charge in [-0.3, -0.25) is 4.79 Å². The first-order valence-electron chi connectivity index (χ1n) is 3.53. The zero-order valence-corrected chi connectivity index (χ0v) is 7.89. The van der Waals surface area contributed by atoms with Crippen LogP contribution in [-0.2, 0) is 6.42 Å². The molecule has 0 spiro atoms. The Bertz CT molecular complexity index is 268. The summed E-state index contributed by atoms with van der Waals surface area (Å²) in [6, 6.07) is 7.61. The standard InChI is InChI=1S/C9H9BrO/c1-2-7-5-3-4-6-8(7)9(10)11/h3-6H,2H2,1H3. The summed E-state index contributed by atoms with van der Waals surface area (Å²) >= 11 is 2.94. The fourth-order valence-electron chi connectivity index (χ4n) is 1.02. The van der Waals surface area contributed by atoms with Crippen molar-refractivity contribution in [2.75, 3.05) is 0 Å². The maximum absolute atomic E-state index is 10.9. The molecule has 0 aliphatic heterocycles. The van der Waals surface area contributed by atoms with E-state index in [1.54, 1.807) is 0 Å². The van der Waals surface area contributed by atoms with E-state index in [2.05, 4.69) is 15.9 Å². The minimum atomic E-state index is -0.0325. The van der Waals surface area contributed by atoms with E-state index in [-0.39, 0.29) is 4.69 Å². The Hall–Kier alpha value is -0.630. The van der Waals surface area contributed by atoms with Crippen molar-refractivity contribution in [1.29, 1.82) is 0 Å². The first-order chi connectivity index (χ1) is 5.25. The monoisotopic (exact) mass is 212 g/mol. The largest absolute Gasteiger partial charge is 0.281 e. The molecule has 0 radical (unpaired) electrons. The predicted octanol–water partition coefficient (Wildman–Crippen LogP) is 2.78. The van der Waals surface area contributed by atoms with E-state index in [1.165, 1.54) is 0 Å². The van der Waals surface area contributed by atoms with Crippen molar-refractivity contribution in [2.24, 2.45) is 0 Å². The van der Waals surface area contributed by atoms with Crippen LogP contribution in [0.3, 0.4) is 0 Å². The second-order valence-corrected chi connectivity index (χ2v) is 3.00. The Morgan fingerprint density at radius 3 is 2.55 bits per heavy atom. The van der Waals surface area contributed by atoms with E-state index >= 15 is 0 Å². The Balaban J connectivity index is 3.12. The van der Waals surface area contributed by atoms with E-state index in [9.17, 15) is 4.79 Å². The third-order valence-corrected chi connectivity index (χ3v) is 2.04. The van der Waals surface area contributed by atoms with E-state index in [1.807, 2.05) is 31.2 Å². The summed E-state index contributed by atoms with van der Waals surface area (Å²) in [5.41, 5.74) is 1.87. The number of carbonyl (C=O) groups is 1. The van der Waals surface area contributed by atoms with Crippen LogP contribution < -0.4 is 0 Å². The minimum Gasteiger partial charge on any atom is -0.281 e. The number of hydrogen-bond acceptors (Lipinski definition) is 1. The lowest BCUT2D eigenvalue weighted by Gasteiger charge is -2.00. The van der Waals surface area contributed by atoms with Crippen molar-refractivity contribution in [1.82, 2.24) is 0 Å². The first-order valence-corrected chi connectivity index (χ1v) is 4.32. The highest BCUT2D eigenvalue weighted by molar-refractivity contribution is 9.18. The van der Waals surface area contributed by atoms with E-state index < -0.39 is 0 Å². The number of aryl methyl sites for hydroxylation is 1. The molecular formula is C9H9BrO. The normalized spacial score (nSPS) is 9.64. The number of benzene rings is 1. The van der Waals surface area contributed by atoms with Gasteiger partial charge in [0, 0.05) is 5.56 Å². The van der Waals surface area contributed by atoms with Crippen molar-refractivity contribution in [3.05, 3.63) is 35.4 Å². The lowest BCUT2D eigenvalue weighted by Crippen LogP contribution is -1.94. The molecule has 11 heavy (non-hydrogen) atoms. The Morgan fingerprint density at radius 1 is 1.45 bits per heavy atom. The molecule has 1 aromatic rings. The van der Waals surface area contributed by atoms with Gasteiger partial charge in [0.15, 0.2) is 0 Å². The number of hydrogen-bond donors (Lipinski definition) is 0. The van der Waals surface area contributed by atoms with E-state index in [0.717, 1.165) is 17.5 Å². The Labute approximate surface area is 74.6 Å². The molecule has 0 saturated carbocycles. The summed E-state index contributed by atoms with van der Waals surface area (Å²) in [6.45, 7) is 2.04. The van der Waals surface area contributed by atoms with Crippen LogP contribution in [0.4, 0.5) is 0 Å². The van der Waals surface area contributed by atoms with Crippen molar-refractivity contribution in [3.8, 4) is 0 Å². The summed E-state index contributed by atoms with van der Waals surface area (Å²) in [6.07, 6.45) is 0.896. The molecule has 0 heterocycles. The molecule has 0 amide bonds. The molecule has 0 fully saturated rings. The first kappa shape index (κ1) is 8.47. The van der Waals surface area contributed by atoms with Crippen LogP contribution in [0.2, 0.25) is 0 Å². The molecule has 1 rings (SSSR count). The van der Waals surface area contributed by atoms with Gasteiger partial charge in [-0.2, -0.15) is 0 Å². The van der Waals surface area contributed by atoms with Crippen LogP contribution in [0.25, 0.3) is 0 Å². The highest BCUT2D eigenvalue weighted by Gasteiger charge is 2.04. The molecule has 1 aromatic carbocycles. The van der Waals surface area contributed by atoms with Gasteiger partial charge in [-0.05, 0) is 27.9 Å². The molecule has 0 N–H and O–H groups in total. The van der Waals surface area contributed by atoms with Crippen molar-refractivity contribution >= 4 is 20.6 Å². The number of halogens is 1. The van der Waals surface area contributed by atoms with Crippen LogP contribution >= 0.6 is 15.9 Å². The average molecular weight is 213 g/mol. The smallest absolute Gasteiger partial charge is 0.228 e. The van der Waals surface area contributed by atoms with Crippen molar-refractivity contribution < 1.29 is 4.79 Å². The Morgan fingerprint density at radius 2 is 2.09 bits per heavy atom. The number of rotatable bonds is 2. The van der Waals surface area contributed by atoms with Crippen LogP contribution in [0.1, 0.15) is 22.8 Å². The zero-order chi connectivity index (χ0) is 8.27. The molecule has 1 nitrogen and oxygen atoms in total. The van der Waals surface area contributed by atoms with Crippen LogP contribution in [0.15, 0.2) is 24.3 Å². The van der Waals surface area contributed by atoms with Gasteiger partial charge in [0.05, 0.1) is 0 Å². The van der Waals surface area contributed by atoms with Crippen LogP contribution in [0.5, 0.6) is 0 Å².